The van der Waals surface area contributed by atoms with Crippen LogP contribution in [0.2, 0.25) is 0 Å². The highest BCUT2D eigenvalue weighted by molar-refractivity contribution is 6.14. The third kappa shape index (κ3) is 6.84. The van der Waals surface area contributed by atoms with Crippen LogP contribution in [0, 0.1) is 47.1 Å². The molecule has 0 unspecified atom stereocenters. The van der Waals surface area contributed by atoms with Gasteiger partial charge in [-0.15, -0.1) is 0 Å². The molecule has 0 fully saturated rings. The van der Waals surface area contributed by atoms with E-state index in [1.54, 1.807) is 0 Å². The lowest BCUT2D eigenvalue weighted by Gasteiger charge is -2.20. The first kappa shape index (κ1) is 42.5. The predicted molar refractivity (Wildman–Crippen MR) is 287 cm³/mol. The van der Waals surface area contributed by atoms with Gasteiger partial charge >= 0.3 is 0 Å². The first-order valence-corrected chi connectivity index (χ1v) is 23.1. The second-order valence-corrected chi connectivity index (χ2v) is 17.4. The number of fused-ring (bicyclic) bond motifs is 6. The van der Waals surface area contributed by atoms with Crippen molar-refractivity contribution in [3.8, 4) is 85.2 Å². The minimum absolute atomic E-state index is 0.527. The second kappa shape index (κ2) is 17.4. The van der Waals surface area contributed by atoms with Gasteiger partial charge in [0.05, 0.1) is 93.9 Å². The van der Waals surface area contributed by atoms with Crippen molar-refractivity contribution >= 4 is 55.0 Å². The van der Waals surface area contributed by atoms with Crippen molar-refractivity contribution in [1.82, 2.24) is 14.1 Å². The minimum atomic E-state index is 0.527. The zero-order valence-corrected chi connectivity index (χ0v) is 38.2. The molecule has 0 bridgehead atoms. The highest BCUT2D eigenvalue weighted by Crippen LogP contribution is 2.45. The van der Waals surface area contributed by atoms with Crippen LogP contribution in [-0.2, 0) is 0 Å². The SMILES string of the molecule is [C-]#[N+]c1ccccc1-c1ccc2c(c1)c1cc(-c3ccccc3C#N)ccc1n2-c1cncc(-n2c3ccc(-c4ccccc4C#N)cc3c3cc(-c4ccccc4[N+]#[C-])ccc32)c1-c1ccc(C#N)cc1. The van der Waals surface area contributed by atoms with Gasteiger partial charge in [0.1, 0.15) is 0 Å². The first-order valence-electron chi connectivity index (χ1n) is 23.1. The summed E-state index contributed by atoms with van der Waals surface area (Å²) >= 11 is 0. The predicted octanol–water partition coefficient (Wildman–Crippen LogP) is 16.3. The van der Waals surface area contributed by atoms with Crippen molar-refractivity contribution in [3.63, 3.8) is 0 Å². The largest absolute Gasteiger partial charge is 0.307 e. The summed E-state index contributed by atoms with van der Waals surface area (Å²) in [7, 11) is 0. The average molecular weight is 915 g/mol. The van der Waals surface area contributed by atoms with Crippen LogP contribution in [0.4, 0.5) is 11.4 Å². The summed E-state index contributed by atoms with van der Waals surface area (Å²) in [6, 6.07) is 70.4. The highest BCUT2D eigenvalue weighted by atomic mass is 15.0. The van der Waals surface area contributed by atoms with Gasteiger partial charge in [-0.3, -0.25) is 4.98 Å². The van der Waals surface area contributed by atoms with Crippen LogP contribution in [0.3, 0.4) is 0 Å². The Morgan fingerprint density at radius 2 is 0.722 bits per heavy atom. The molecule has 72 heavy (non-hydrogen) atoms. The Hall–Kier alpha value is -10.8. The normalized spacial score (nSPS) is 11.0. The van der Waals surface area contributed by atoms with Gasteiger partial charge in [0.25, 0.3) is 0 Å². The van der Waals surface area contributed by atoms with Crippen molar-refractivity contribution < 1.29 is 0 Å². The molecular weight excluding hydrogens is 881 g/mol. The smallest absolute Gasteiger partial charge is 0.194 e. The fourth-order valence-electron chi connectivity index (χ4n) is 10.3. The molecule has 0 radical (unpaired) electrons. The van der Waals surface area contributed by atoms with E-state index in [0.29, 0.717) is 28.1 Å². The number of aromatic nitrogens is 3. The Bertz CT molecular complexity index is 3970. The Kier molecular flexibility index (Phi) is 10.3. The molecule has 8 heteroatoms. The van der Waals surface area contributed by atoms with Crippen LogP contribution in [0.5, 0.6) is 0 Å². The number of hydrogen-bond donors (Lipinski definition) is 0. The summed E-state index contributed by atoms with van der Waals surface area (Å²) in [5.74, 6) is 0. The number of pyridine rings is 1. The molecule has 330 valence electrons. The fraction of sp³-hybridized carbons (Fsp3) is 0. The maximum absolute atomic E-state index is 10.2. The molecule has 9 aromatic carbocycles. The molecule has 12 aromatic rings. The van der Waals surface area contributed by atoms with E-state index in [1.165, 1.54) is 0 Å². The molecule has 0 aliphatic carbocycles. The molecule has 0 aliphatic heterocycles. The number of nitrogens with zero attached hydrogens (tertiary/aromatic N) is 8. The van der Waals surface area contributed by atoms with E-state index in [1.807, 2.05) is 134 Å². The molecule has 8 nitrogen and oxygen atoms in total. The summed E-state index contributed by atoms with van der Waals surface area (Å²) < 4.78 is 4.48. The summed E-state index contributed by atoms with van der Waals surface area (Å²) in [6.45, 7) is 16.0. The Morgan fingerprint density at radius 1 is 0.375 bits per heavy atom. The molecule has 0 saturated heterocycles. The van der Waals surface area contributed by atoms with E-state index in [-0.39, 0.29) is 0 Å². The van der Waals surface area contributed by atoms with Crippen LogP contribution in [0.25, 0.3) is 120 Å². The number of nitriles is 3. The second-order valence-electron chi connectivity index (χ2n) is 17.4. The maximum atomic E-state index is 10.2. The summed E-state index contributed by atoms with van der Waals surface area (Å²) in [5.41, 5.74) is 16.6. The van der Waals surface area contributed by atoms with E-state index in [9.17, 15) is 15.8 Å². The molecular formula is C64H34N8. The Morgan fingerprint density at radius 3 is 1.10 bits per heavy atom. The van der Waals surface area contributed by atoms with E-state index >= 15 is 0 Å². The van der Waals surface area contributed by atoms with Crippen LogP contribution in [0.15, 0.2) is 207 Å². The van der Waals surface area contributed by atoms with Crippen LogP contribution < -0.4 is 0 Å². The summed E-state index contributed by atoms with van der Waals surface area (Å²) in [4.78, 5) is 12.8. The molecule has 3 heterocycles. The lowest BCUT2D eigenvalue weighted by atomic mass is 9.97. The molecule has 0 aliphatic rings. The fourth-order valence-corrected chi connectivity index (χ4v) is 10.3. The monoisotopic (exact) mass is 914 g/mol. The summed E-state index contributed by atoms with van der Waals surface area (Å²) in [5, 5.41) is 34.2. The van der Waals surface area contributed by atoms with Gasteiger partial charge in [0, 0.05) is 27.1 Å². The van der Waals surface area contributed by atoms with Gasteiger partial charge in [0.2, 0.25) is 0 Å². The van der Waals surface area contributed by atoms with Crippen molar-refractivity contribution in [2.75, 3.05) is 0 Å². The van der Waals surface area contributed by atoms with E-state index in [0.717, 1.165) is 111 Å². The molecule has 0 N–H and O–H groups in total. The quantitative estimate of drug-likeness (QED) is 0.149. The number of rotatable bonds is 7. The molecule has 0 saturated carbocycles. The van der Waals surface area contributed by atoms with Crippen molar-refractivity contribution in [2.24, 2.45) is 0 Å². The van der Waals surface area contributed by atoms with E-state index in [4.69, 9.17) is 18.1 Å². The minimum Gasteiger partial charge on any atom is -0.307 e. The molecule has 0 atom stereocenters. The third-order valence-corrected chi connectivity index (χ3v) is 13.6. The summed E-state index contributed by atoms with van der Waals surface area (Å²) in [6.07, 6.45) is 3.78. The van der Waals surface area contributed by atoms with Gasteiger partial charge in [0.15, 0.2) is 11.4 Å². The lowest BCUT2D eigenvalue weighted by Crippen LogP contribution is -2.05. The topological polar surface area (TPSA) is 103 Å². The van der Waals surface area contributed by atoms with Crippen LogP contribution >= 0.6 is 0 Å². The third-order valence-electron chi connectivity index (χ3n) is 13.6. The molecule has 3 aromatic heterocycles. The molecule has 12 rings (SSSR count). The Balaban J connectivity index is 1.18. The maximum Gasteiger partial charge on any atom is 0.194 e. The highest BCUT2D eigenvalue weighted by Gasteiger charge is 2.24. The van der Waals surface area contributed by atoms with Gasteiger partial charge in [-0.25, -0.2) is 9.69 Å². The lowest BCUT2D eigenvalue weighted by molar-refractivity contribution is 1.09. The van der Waals surface area contributed by atoms with Gasteiger partial charge in [-0.2, -0.15) is 15.8 Å². The number of hydrogen-bond acceptors (Lipinski definition) is 4. The van der Waals surface area contributed by atoms with Crippen molar-refractivity contribution in [1.29, 1.82) is 15.8 Å². The number of benzene rings is 9. The van der Waals surface area contributed by atoms with Gasteiger partial charge in [-0.1, -0.05) is 121 Å². The average Bonchev–Trinajstić information content (AvgIpc) is 3.96. The number of para-hydroxylation sites is 2. The standard InChI is InChI=1S/C64H34N8/c1-68-56-17-9-7-15-50(56)44-25-29-60-54(33-44)52-31-42(48-13-5-3-11-46(48)36-66)23-27-58(52)71(60)62-38-70-39-63(64(62)41-21-19-40(35-65)20-22-41)72-59-28-24-43(49-14-6-4-12-47(49)37-67)32-53(59)55-34-45(26-30-61(55)72)51-16-8-10-18-57(51)69-2/h3-34,38-39H. The van der Waals surface area contributed by atoms with Crippen LogP contribution in [0.1, 0.15) is 16.7 Å². The van der Waals surface area contributed by atoms with Crippen molar-refractivity contribution in [2.45, 2.75) is 0 Å². The Labute approximate surface area is 414 Å². The van der Waals surface area contributed by atoms with E-state index in [2.05, 4.69) is 110 Å². The molecule has 0 spiro atoms. The van der Waals surface area contributed by atoms with Gasteiger partial charge < -0.3 is 9.13 Å². The first-order chi connectivity index (χ1) is 35.5. The van der Waals surface area contributed by atoms with Crippen LogP contribution in [-0.4, -0.2) is 14.1 Å². The molecule has 0 amide bonds. The zero-order chi connectivity index (χ0) is 48.9. The zero-order valence-electron chi connectivity index (χ0n) is 38.2. The van der Waals surface area contributed by atoms with E-state index < -0.39 is 0 Å². The van der Waals surface area contributed by atoms with Crippen molar-refractivity contribution in [3.05, 3.63) is 246 Å². The van der Waals surface area contributed by atoms with Gasteiger partial charge in [-0.05, 0) is 123 Å².